The van der Waals surface area contributed by atoms with E-state index in [-0.39, 0.29) is 18.0 Å². The van der Waals surface area contributed by atoms with Crippen LogP contribution in [0.2, 0.25) is 0 Å². The number of carbonyl (C=O) groups excluding carboxylic acids is 1. The zero-order valence-electron chi connectivity index (χ0n) is 15.6. The summed E-state index contributed by atoms with van der Waals surface area (Å²) in [6.45, 7) is 0.821. The molecule has 28 heavy (non-hydrogen) atoms. The van der Waals surface area contributed by atoms with Gasteiger partial charge in [-0.2, -0.15) is 0 Å². The molecule has 1 saturated carbocycles. The van der Waals surface area contributed by atoms with Crippen LogP contribution >= 0.6 is 0 Å². The second-order valence-corrected chi connectivity index (χ2v) is 6.97. The first-order valence-electron chi connectivity index (χ1n) is 9.49. The summed E-state index contributed by atoms with van der Waals surface area (Å²) in [5, 5.41) is 14.8. The summed E-state index contributed by atoms with van der Waals surface area (Å²) < 4.78 is 5.69. The van der Waals surface area contributed by atoms with Gasteiger partial charge < -0.3 is 20.5 Å². The molecule has 0 saturated heterocycles. The van der Waals surface area contributed by atoms with Gasteiger partial charge in [0.15, 0.2) is 0 Å². The number of carboxylic acids is 1. The summed E-state index contributed by atoms with van der Waals surface area (Å²) in [6, 6.07) is 13.1. The van der Waals surface area contributed by atoms with Crippen LogP contribution in [-0.4, -0.2) is 28.1 Å². The van der Waals surface area contributed by atoms with Crippen molar-refractivity contribution in [3.8, 4) is 5.75 Å². The minimum Gasteiger partial charge on any atom is -0.487 e. The Balaban J connectivity index is 1.37. The van der Waals surface area contributed by atoms with Gasteiger partial charge >= 0.3 is 12.0 Å². The number of nitrogens with one attached hydrogen (secondary N) is 2. The third-order valence-electron chi connectivity index (χ3n) is 4.90. The number of carboxylic acid groups (broad SMARTS) is 1. The number of hydrogen-bond acceptors (Lipinski definition) is 4. The number of amides is 2. The van der Waals surface area contributed by atoms with Crippen molar-refractivity contribution in [1.82, 2.24) is 15.6 Å². The molecule has 1 heterocycles. The van der Waals surface area contributed by atoms with E-state index < -0.39 is 5.97 Å². The van der Waals surface area contributed by atoms with Crippen LogP contribution in [0.4, 0.5) is 4.79 Å². The van der Waals surface area contributed by atoms with Gasteiger partial charge in [0.2, 0.25) is 0 Å². The van der Waals surface area contributed by atoms with Gasteiger partial charge in [0, 0.05) is 18.8 Å². The highest BCUT2D eigenvalue weighted by molar-refractivity contribution is 5.74. The summed E-state index contributed by atoms with van der Waals surface area (Å²) in [7, 11) is 0. The molecule has 7 nitrogen and oxygen atoms in total. The molecular weight excluding hydrogens is 358 g/mol. The van der Waals surface area contributed by atoms with Crippen molar-refractivity contribution in [2.75, 3.05) is 0 Å². The largest absolute Gasteiger partial charge is 0.487 e. The Hall–Kier alpha value is -3.09. The van der Waals surface area contributed by atoms with Gasteiger partial charge in [-0.05, 0) is 55.5 Å². The number of rotatable bonds is 7. The van der Waals surface area contributed by atoms with Crippen LogP contribution in [0.1, 0.15) is 36.9 Å². The fraction of sp³-hybridized carbons (Fsp3) is 0.381. The summed E-state index contributed by atoms with van der Waals surface area (Å²) >= 11 is 0. The molecule has 0 bridgehead atoms. The highest BCUT2D eigenvalue weighted by Gasteiger charge is 2.26. The number of ether oxygens (including phenoxy) is 1. The van der Waals surface area contributed by atoms with Crippen molar-refractivity contribution in [1.29, 1.82) is 0 Å². The number of nitrogens with zero attached hydrogens (tertiary/aromatic N) is 1. The fourth-order valence-corrected chi connectivity index (χ4v) is 3.25. The van der Waals surface area contributed by atoms with E-state index in [1.54, 1.807) is 6.20 Å². The number of carbonyl (C=O) groups is 2. The summed E-state index contributed by atoms with van der Waals surface area (Å²) in [6.07, 6.45) is 4.36. The molecule has 1 aliphatic carbocycles. The number of urea groups is 1. The topological polar surface area (TPSA) is 101 Å². The van der Waals surface area contributed by atoms with Crippen molar-refractivity contribution < 1.29 is 19.4 Å². The van der Waals surface area contributed by atoms with Gasteiger partial charge in [0.1, 0.15) is 12.4 Å². The Morgan fingerprint density at radius 3 is 2.46 bits per heavy atom. The number of benzene rings is 1. The molecule has 0 radical (unpaired) electrons. The molecule has 0 unspecified atom stereocenters. The minimum absolute atomic E-state index is 0.0398. The lowest BCUT2D eigenvalue weighted by Crippen LogP contribution is -2.43. The molecular formula is C21H25N3O4. The van der Waals surface area contributed by atoms with Crippen LogP contribution in [0.25, 0.3) is 0 Å². The van der Waals surface area contributed by atoms with Crippen molar-refractivity contribution in [2.45, 2.75) is 44.9 Å². The Labute approximate surface area is 164 Å². The van der Waals surface area contributed by atoms with Crippen LogP contribution in [0.3, 0.4) is 0 Å². The highest BCUT2D eigenvalue weighted by Crippen LogP contribution is 2.24. The zero-order chi connectivity index (χ0) is 19.8. The molecule has 1 fully saturated rings. The molecule has 0 atom stereocenters. The van der Waals surface area contributed by atoms with Crippen LogP contribution in [0, 0.1) is 5.92 Å². The molecule has 2 amide bonds. The standard InChI is InChI=1S/C21H25N3O4/c25-20(26)16-6-8-17(9-7-16)24-21(27)23-13-15-4-10-19(11-5-15)28-14-18-3-1-2-12-22-18/h1-5,10-12,16-17H,6-9,13-14H2,(H,25,26)(H2,23,24,27). The first-order chi connectivity index (χ1) is 13.6. The SMILES string of the molecule is O=C(NCc1ccc(OCc2ccccn2)cc1)NC1CCC(C(=O)O)CC1. The molecule has 0 aliphatic heterocycles. The Bertz CT molecular complexity index is 772. The van der Waals surface area contributed by atoms with Gasteiger partial charge in [-0.25, -0.2) is 4.79 Å². The number of pyridine rings is 1. The summed E-state index contributed by atoms with van der Waals surface area (Å²) in [5.41, 5.74) is 1.83. The van der Waals surface area contributed by atoms with Crippen molar-refractivity contribution in [2.24, 2.45) is 5.92 Å². The minimum atomic E-state index is -0.740. The Morgan fingerprint density at radius 2 is 1.82 bits per heavy atom. The molecule has 3 rings (SSSR count). The van der Waals surface area contributed by atoms with E-state index in [2.05, 4.69) is 15.6 Å². The fourth-order valence-electron chi connectivity index (χ4n) is 3.25. The van der Waals surface area contributed by atoms with E-state index in [0.29, 0.717) is 38.8 Å². The Morgan fingerprint density at radius 1 is 1.07 bits per heavy atom. The maximum absolute atomic E-state index is 12.1. The van der Waals surface area contributed by atoms with Gasteiger partial charge in [-0.1, -0.05) is 18.2 Å². The van der Waals surface area contributed by atoms with Crippen molar-refractivity contribution in [3.05, 3.63) is 59.9 Å². The number of aromatic nitrogens is 1. The normalized spacial score (nSPS) is 18.9. The number of hydrogen-bond donors (Lipinski definition) is 3. The lowest BCUT2D eigenvalue weighted by molar-refractivity contribution is -0.142. The Kier molecular flexibility index (Phi) is 6.84. The monoisotopic (exact) mass is 383 g/mol. The highest BCUT2D eigenvalue weighted by atomic mass is 16.5. The van der Waals surface area contributed by atoms with Crippen LogP contribution in [0.5, 0.6) is 5.75 Å². The first-order valence-corrected chi connectivity index (χ1v) is 9.49. The van der Waals surface area contributed by atoms with Crippen molar-refractivity contribution >= 4 is 12.0 Å². The van der Waals surface area contributed by atoms with Gasteiger partial charge in [-0.3, -0.25) is 9.78 Å². The molecule has 1 aromatic heterocycles. The average molecular weight is 383 g/mol. The van der Waals surface area contributed by atoms with E-state index in [4.69, 9.17) is 9.84 Å². The van der Waals surface area contributed by atoms with E-state index in [1.165, 1.54) is 0 Å². The van der Waals surface area contributed by atoms with E-state index in [1.807, 2.05) is 42.5 Å². The molecule has 0 spiro atoms. The van der Waals surface area contributed by atoms with E-state index in [0.717, 1.165) is 17.0 Å². The van der Waals surface area contributed by atoms with Gasteiger partial charge in [0.25, 0.3) is 0 Å². The maximum atomic E-state index is 12.1. The van der Waals surface area contributed by atoms with Crippen LogP contribution in [-0.2, 0) is 17.9 Å². The van der Waals surface area contributed by atoms with E-state index >= 15 is 0 Å². The first kappa shape index (κ1) is 19.7. The molecule has 3 N–H and O–H groups in total. The molecule has 2 aromatic rings. The van der Waals surface area contributed by atoms with Crippen molar-refractivity contribution in [3.63, 3.8) is 0 Å². The summed E-state index contributed by atoms with van der Waals surface area (Å²) in [4.78, 5) is 27.2. The predicted octanol–water partition coefficient (Wildman–Crippen LogP) is 3.10. The zero-order valence-corrected chi connectivity index (χ0v) is 15.6. The van der Waals surface area contributed by atoms with Crippen LogP contribution in [0.15, 0.2) is 48.7 Å². The maximum Gasteiger partial charge on any atom is 0.315 e. The molecule has 148 valence electrons. The second kappa shape index (κ2) is 9.73. The van der Waals surface area contributed by atoms with Crippen LogP contribution < -0.4 is 15.4 Å². The number of aliphatic carboxylic acids is 1. The average Bonchev–Trinajstić information content (AvgIpc) is 2.72. The lowest BCUT2D eigenvalue weighted by Gasteiger charge is -2.26. The summed E-state index contributed by atoms with van der Waals surface area (Å²) in [5.74, 6) is -0.274. The predicted molar refractivity (Wildman–Crippen MR) is 104 cm³/mol. The van der Waals surface area contributed by atoms with Gasteiger partial charge in [0.05, 0.1) is 11.6 Å². The molecule has 1 aliphatic rings. The smallest absolute Gasteiger partial charge is 0.315 e. The molecule has 7 heteroatoms. The quantitative estimate of drug-likeness (QED) is 0.682. The second-order valence-electron chi connectivity index (χ2n) is 6.97. The lowest BCUT2D eigenvalue weighted by atomic mass is 9.86. The van der Waals surface area contributed by atoms with Gasteiger partial charge in [-0.15, -0.1) is 0 Å². The van der Waals surface area contributed by atoms with E-state index in [9.17, 15) is 9.59 Å². The molecule has 1 aromatic carbocycles. The third kappa shape index (κ3) is 5.97. The third-order valence-corrected chi connectivity index (χ3v) is 4.90.